The van der Waals surface area contributed by atoms with Crippen LogP contribution in [0.5, 0.6) is 5.75 Å². The third kappa shape index (κ3) is 3.98. The second kappa shape index (κ2) is 7.28. The van der Waals surface area contributed by atoms with Crippen molar-refractivity contribution >= 4 is 0 Å². The molecule has 0 bridgehead atoms. The molecule has 0 aromatic heterocycles. The van der Waals surface area contributed by atoms with Gasteiger partial charge in [0.25, 0.3) is 0 Å². The third-order valence-corrected chi connectivity index (χ3v) is 4.51. The fraction of sp³-hybridized carbons (Fsp3) is 0.667. The Labute approximate surface area is 128 Å². The van der Waals surface area contributed by atoms with E-state index in [1.807, 2.05) is 26.0 Å². The number of rotatable bonds is 5. The molecule has 0 saturated heterocycles. The molecule has 1 unspecified atom stereocenters. The lowest BCUT2D eigenvalue weighted by Crippen LogP contribution is -2.42. The Balaban J connectivity index is 2.22. The van der Waals surface area contributed by atoms with E-state index in [2.05, 4.69) is 12.1 Å². The minimum Gasteiger partial charge on any atom is -0.491 e. The van der Waals surface area contributed by atoms with E-state index in [4.69, 9.17) is 15.2 Å². The SMILES string of the molecule is COC1(C(N)c2cccc(OC(C)C)c2)CCCCCC1. The Hall–Kier alpha value is -1.06. The summed E-state index contributed by atoms with van der Waals surface area (Å²) in [6.07, 6.45) is 7.22. The fourth-order valence-electron chi connectivity index (χ4n) is 3.33. The van der Waals surface area contributed by atoms with Crippen molar-refractivity contribution in [1.82, 2.24) is 0 Å². The van der Waals surface area contributed by atoms with Gasteiger partial charge in [-0.05, 0) is 44.4 Å². The van der Waals surface area contributed by atoms with Crippen molar-refractivity contribution in [2.45, 2.75) is 70.1 Å². The van der Waals surface area contributed by atoms with Gasteiger partial charge < -0.3 is 15.2 Å². The molecule has 2 N–H and O–H groups in total. The van der Waals surface area contributed by atoms with E-state index < -0.39 is 0 Å². The summed E-state index contributed by atoms with van der Waals surface area (Å²) < 4.78 is 11.7. The molecule has 0 heterocycles. The largest absolute Gasteiger partial charge is 0.491 e. The molecule has 21 heavy (non-hydrogen) atoms. The smallest absolute Gasteiger partial charge is 0.120 e. The first-order chi connectivity index (χ1) is 10.1. The van der Waals surface area contributed by atoms with Gasteiger partial charge in [-0.15, -0.1) is 0 Å². The van der Waals surface area contributed by atoms with Crippen molar-refractivity contribution < 1.29 is 9.47 Å². The van der Waals surface area contributed by atoms with Crippen molar-refractivity contribution in [2.75, 3.05) is 7.11 Å². The van der Waals surface area contributed by atoms with E-state index >= 15 is 0 Å². The molecule has 0 amide bonds. The van der Waals surface area contributed by atoms with Crippen LogP contribution >= 0.6 is 0 Å². The summed E-state index contributed by atoms with van der Waals surface area (Å²) in [6, 6.07) is 8.06. The Bertz CT molecular complexity index is 437. The molecule has 2 rings (SSSR count). The Morgan fingerprint density at radius 1 is 1.10 bits per heavy atom. The van der Waals surface area contributed by atoms with Crippen LogP contribution in [0.3, 0.4) is 0 Å². The summed E-state index contributed by atoms with van der Waals surface area (Å²) >= 11 is 0. The molecule has 3 nitrogen and oxygen atoms in total. The van der Waals surface area contributed by atoms with Crippen LogP contribution in [0.1, 0.15) is 64.0 Å². The van der Waals surface area contributed by atoms with Crippen molar-refractivity contribution in [3.05, 3.63) is 29.8 Å². The molecule has 1 atom stereocenters. The maximum atomic E-state index is 6.60. The number of hydrogen-bond acceptors (Lipinski definition) is 3. The lowest BCUT2D eigenvalue weighted by Gasteiger charge is -2.37. The van der Waals surface area contributed by atoms with Gasteiger partial charge in [-0.25, -0.2) is 0 Å². The Morgan fingerprint density at radius 2 is 1.76 bits per heavy atom. The van der Waals surface area contributed by atoms with Crippen molar-refractivity contribution in [2.24, 2.45) is 5.73 Å². The van der Waals surface area contributed by atoms with Gasteiger partial charge in [0.1, 0.15) is 5.75 Å². The predicted molar refractivity (Wildman–Crippen MR) is 86.6 cm³/mol. The van der Waals surface area contributed by atoms with E-state index in [0.29, 0.717) is 0 Å². The quantitative estimate of drug-likeness (QED) is 0.826. The fourth-order valence-corrected chi connectivity index (χ4v) is 3.33. The molecule has 0 aliphatic heterocycles. The Kier molecular flexibility index (Phi) is 5.65. The molecular weight excluding hydrogens is 262 g/mol. The highest BCUT2D eigenvalue weighted by Gasteiger charge is 2.38. The van der Waals surface area contributed by atoms with Gasteiger partial charge in [0.15, 0.2) is 0 Å². The van der Waals surface area contributed by atoms with Gasteiger partial charge in [0.05, 0.1) is 17.7 Å². The lowest BCUT2D eigenvalue weighted by atomic mass is 9.82. The molecule has 1 aliphatic rings. The highest BCUT2D eigenvalue weighted by Crippen LogP contribution is 2.39. The molecule has 1 aliphatic carbocycles. The summed E-state index contributed by atoms with van der Waals surface area (Å²) in [7, 11) is 1.81. The molecule has 0 radical (unpaired) electrons. The molecule has 3 heteroatoms. The summed E-state index contributed by atoms with van der Waals surface area (Å²) in [5.41, 5.74) is 7.48. The average molecular weight is 291 g/mol. The van der Waals surface area contributed by atoms with Gasteiger partial charge in [-0.2, -0.15) is 0 Å². The molecule has 0 spiro atoms. The maximum Gasteiger partial charge on any atom is 0.120 e. The number of ether oxygens (including phenoxy) is 2. The predicted octanol–water partition coefficient (Wildman–Crippen LogP) is 4.21. The van der Waals surface area contributed by atoms with Crippen molar-refractivity contribution in [3.63, 3.8) is 0 Å². The third-order valence-electron chi connectivity index (χ3n) is 4.51. The zero-order chi connectivity index (χ0) is 15.3. The zero-order valence-corrected chi connectivity index (χ0v) is 13.6. The number of nitrogens with two attached hydrogens (primary N) is 1. The minimum atomic E-state index is -0.229. The van der Waals surface area contributed by atoms with Gasteiger partial charge in [0.2, 0.25) is 0 Å². The van der Waals surface area contributed by atoms with E-state index in [0.717, 1.165) is 24.2 Å². The minimum absolute atomic E-state index is 0.101. The zero-order valence-electron chi connectivity index (χ0n) is 13.6. The van der Waals surface area contributed by atoms with Gasteiger partial charge in [0, 0.05) is 7.11 Å². The van der Waals surface area contributed by atoms with Crippen molar-refractivity contribution in [1.29, 1.82) is 0 Å². The van der Waals surface area contributed by atoms with Crippen LogP contribution in [0.15, 0.2) is 24.3 Å². The van der Waals surface area contributed by atoms with E-state index in [1.165, 1.54) is 25.7 Å². The van der Waals surface area contributed by atoms with Gasteiger partial charge in [-0.3, -0.25) is 0 Å². The standard InChI is InChI=1S/C18H29NO2/c1-14(2)21-16-10-8-9-15(13-16)17(19)18(20-3)11-6-4-5-7-12-18/h8-10,13-14,17H,4-7,11-12,19H2,1-3H3. The van der Waals surface area contributed by atoms with Gasteiger partial charge >= 0.3 is 0 Å². The van der Waals surface area contributed by atoms with E-state index in [1.54, 1.807) is 7.11 Å². The summed E-state index contributed by atoms with van der Waals surface area (Å²) in [4.78, 5) is 0. The number of hydrogen-bond donors (Lipinski definition) is 1. The molecule has 1 saturated carbocycles. The topological polar surface area (TPSA) is 44.5 Å². The molecule has 1 fully saturated rings. The summed E-state index contributed by atoms with van der Waals surface area (Å²) in [6.45, 7) is 4.07. The first-order valence-electron chi connectivity index (χ1n) is 8.15. The van der Waals surface area contributed by atoms with Crippen LogP contribution < -0.4 is 10.5 Å². The van der Waals surface area contributed by atoms with Crippen LogP contribution in [0, 0.1) is 0 Å². The highest BCUT2D eigenvalue weighted by atomic mass is 16.5. The van der Waals surface area contributed by atoms with E-state index in [-0.39, 0.29) is 17.7 Å². The van der Waals surface area contributed by atoms with Crippen molar-refractivity contribution in [3.8, 4) is 5.75 Å². The van der Waals surface area contributed by atoms with Crippen LogP contribution in [0.4, 0.5) is 0 Å². The van der Waals surface area contributed by atoms with E-state index in [9.17, 15) is 0 Å². The van der Waals surface area contributed by atoms with Crippen LogP contribution in [0.2, 0.25) is 0 Å². The van der Waals surface area contributed by atoms with Crippen LogP contribution in [0.25, 0.3) is 0 Å². The molecule has 118 valence electrons. The monoisotopic (exact) mass is 291 g/mol. The lowest BCUT2D eigenvalue weighted by molar-refractivity contribution is -0.0442. The second-order valence-electron chi connectivity index (χ2n) is 6.40. The highest BCUT2D eigenvalue weighted by molar-refractivity contribution is 5.32. The van der Waals surface area contributed by atoms with Crippen LogP contribution in [-0.2, 0) is 4.74 Å². The molecular formula is C18H29NO2. The molecule has 1 aromatic rings. The number of methoxy groups -OCH3 is 1. The second-order valence-corrected chi connectivity index (χ2v) is 6.40. The average Bonchev–Trinajstić information content (AvgIpc) is 2.72. The first kappa shape index (κ1) is 16.3. The maximum absolute atomic E-state index is 6.60. The Morgan fingerprint density at radius 3 is 2.33 bits per heavy atom. The first-order valence-corrected chi connectivity index (χ1v) is 8.15. The van der Waals surface area contributed by atoms with Gasteiger partial charge in [-0.1, -0.05) is 37.8 Å². The van der Waals surface area contributed by atoms with Crippen LogP contribution in [-0.4, -0.2) is 18.8 Å². The number of benzene rings is 1. The summed E-state index contributed by atoms with van der Waals surface area (Å²) in [5.74, 6) is 0.887. The normalized spacial score (nSPS) is 20.0. The summed E-state index contributed by atoms with van der Waals surface area (Å²) in [5, 5.41) is 0. The molecule has 1 aromatic carbocycles.